The summed E-state index contributed by atoms with van der Waals surface area (Å²) >= 11 is 3.34. The zero-order valence-electron chi connectivity index (χ0n) is 12.1. The van der Waals surface area contributed by atoms with E-state index in [1.807, 2.05) is 18.2 Å². The van der Waals surface area contributed by atoms with Gasteiger partial charge in [-0.3, -0.25) is 4.98 Å². The van der Waals surface area contributed by atoms with Crippen LogP contribution in [-0.4, -0.2) is 11.0 Å². The Morgan fingerprint density at radius 1 is 1.24 bits per heavy atom. The van der Waals surface area contributed by atoms with Crippen molar-refractivity contribution in [3.8, 4) is 5.75 Å². The molecule has 2 aromatic rings. The van der Waals surface area contributed by atoms with Gasteiger partial charge in [0.15, 0.2) is 0 Å². The molecule has 0 radical (unpaired) electrons. The van der Waals surface area contributed by atoms with Gasteiger partial charge in [-0.2, -0.15) is 0 Å². The minimum atomic E-state index is -0.323. The Hall–Kier alpha value is -1.46. The van der Waals surface area contributed by atoms with Crippen LogP contribution < -0.4 is 10.1 Å². The molecule has 0 saturated heterocycles. The van der Waals surface area contributed by atoms with Gasteiger partial charge in [-0.1, -0.05) is 19.9 Å². The second-order valence-electron chi connectivity index (χ2n) is 5.02. The molecule has 1 N–H and O–H groups in total. The monoisotopic (exact) mass is 352 g/mol. The molecule has 0 spiro atoms. The first-order valence-electron chi connectivity index (χ1n) is 6.80. The van der Waals surface area contributed by atoms with Crippen molar-refractivity contribution in [2.45, 2.75) is 33.0 Å². The van der Waals surface area contributed by atoms with Crippen LogP contribution in [0, 0.1) is 5.82 Å². The Bertz CT molecular complexity index is 605. The summed E-state index contributed by atoms with van der Waals surface area (Å²) in [6.45, 7) is 5.20. The van der Waals surface area contributed by atoms with Crippen LogP contribution >= 0.6 is 15.9 Å². The van der Waals surface area contributed by atoms with Gasteiger partial charge in [-0.15, -0.1) is 0 Å². The van der Waals surface area contributed by atoms with E-state index >= 15 is 0 Å². The van der Waals surface area contributed by atoms with Crippen molar-refractivity contribution >= 4 is 15.9 Å². The van der Waals surface area contributed by atoms with Crippen LogP contribution in [0.3, 0.4) is 0 Å². The highest BCUT2D eigenvalue weighted by atomic mass is 79.9. The van der Waals surface area contributed by atoms with E-state index in [9.17, 15) is 4.39 Å². The smallest absolute Gasteiger partial charge is 0.136 e. The first kappa shape index (κ1) is 15.9. The normalized spacial score (nSPS) is 10.9. The number of hydrogen-bond donors (Lipinski definition) is 1. The third-order valence-electron chi connectivity index (χ3n) is 2.82. The maximum atomic E-state index is 13.2. The van der Waals surface area contributed by atoms with Crippen LogP contribution in [-0.2, 0) is 13.2 Å². The summed E-state index contributed by atoms with van der Waals surface area (Å²) in [6, 6.07) is 10.6. The van der Waals surface area contributed by atoms with Gasteiger partial charge in [0.25, 0.3) is 0 Å². The molecule has 0 aliphatic heterocycles. The molecule has 0 bridgehead atoms. The van der Waals surface area contributed by atoms with Gasteiger partial charge in [-0.05, 0) is 40.2 Å². The minimum Gasteiger partial charge on any atom is -0.486 e. The number of aromatic nitrogens is 1. The van der Waals surface area contributed by atoms with Gasteiger partial charge >= 0.3 is 0 Å². The average Bonchev–Trinajstić information content (AvgIpc) is 2.46. The van der Waals surface area contributed by atoms with Gasteiger partial charge in [0.1, 0.15) is 18.2 Å². The lowest BCUT2D eigenvalue weighted by Gasteiger charge is -2.10. The number of rotatable bonds is 6. The van der Waals surface area contributed by atoms with Crippen LogP contribution in [0.5, 0.6) is 5.75 Å². The molecule has 1 aromatic heterocycles. The average molecular weight is 353 g/mol. The summed E-state index contributed by atoms with van der Waals surface area (Å²) in [5.74, 6) is 0.151. The predicted molar refractivity (Wildman–Crippen MR) is 84.6 cm³/mol. The van der Waals surface area contributed by atoms with Crippen LogP contribution in [0.25, 0.3) is 0 Å². The van der Waals surface area contributed by atoms with Crippen molar-refractivity contribution in [2.24, 2.45) is 0 Å². The van der Waals surface area contributed by atoms with Crippen molar-refractivity contribution in [3.05, 3.63) is 58.1 Å². The van der Waals surface area contributed by atoms with E-state index < -0.39 is 0 Å². The lowest BCUT2D eigenvalue weighted by Crippen LogP contribution is -2.22. The maximum Gasteiger partial charge on any atom is 0.136 e. The first-order valence-corrected chi connectivity index (χ1v) is 7.60. The topological polar surface area (TPSA) is 34.1 Å². The number of benzene rings is 1. The molecular weight excluding hydrogens is 335 g/mol. The van der Waals surface area contributed by atoms with Gasteiger partial charge in [0.2, 0.25) is 0 Å². The summed E-state index contributed by atoms with van der Waals surface area (Å²) in [5.41, 5.74) is 1.78. The van der Waals surface area contributed by atoms with E-state index in [0.29, 0.717) is 18.4 Å². The second-order valence-corrected chi connectivity index (χ2v) is 5.87. The zero-order chi connectivity index (χ0) is 15.2. The number of ether oxygens (including phenoxy) is 1. The zero-order valence-corrected chi connectivity index (χ0v) is 13.7. The molecule has 2 rings (SSSR count). The lowest BCUT2D eigenvalue weighted by molar-refractivity contribution is 0.297. The van der Waals surface area contributed by atoms with Crippen LogP contribution in [0.2, 0.25) is 0 Å². The number of pyridine rings is 1. The molecular formula is C16H18BrFN2O. The molecule has 1 aromatic carbocycles. The Balaban J connectivity index is 1.99. The molecule has 112 valence electrons. The number of halogens is 2. The van der Waals surface area contributed by atoms with Crippen molar-refractivity contribution in [3.63, 3.8) is 0 Å². The quantitative estimate of drug-likeness (QED) is 0.851. The molecule has 0 aliphatic rings. The van der Waals surface area contributed by atoms with E-state index in [4.69, 9.17) is 4.74 Å². The predicted octanol–water partition coefficient (Wildman–Crippen LogP) is 4.06. The van der Waals surface area contributed by atoms with Gasteiger partial charge in [0, 0.05) is 18.7 Å². The minimum absolute atomic E-state index is 0.303. The third-order valence-corrected chi connectivity index (χ3v) is 3.48. The van der Waals surface area contributed by atoms with Crippen molar-refractivity contribution < 1.29 is 9.13 Å². The Morgan fingerprint density at radius 3 is 2.76 bits per heavy atom. The summed E-state index contributed by atoms with van der Waals surface area (Å²) in [5, 5.41) is 3.32. The molecule has 0 saturated carbocycles. The molecule has 0 aliphatic carbocycles. The fourth-order valence-electron chi connectivity index (χ4n) is 1.76. The lowest BCUT2D eigenvalue weighted by atomic mass is 10.3. The fourth-order valence-corrected chi connectivity index (χ4v) is 2.12. The van der Waals surface area contributed by atoms with Crippen molar-refractivity contribution in [2.75, 3.05) is 0 Å². The largest absolute Gasteiger partial charge is 0.486 e. The molecule has 0 unspecified atom stereocenters. The summed E-state index contributed by atoms with van der Waals surface area (Å²) in [7, 11) is 0. The van der Waals surface area contributed by atoms with E-state index in [0.717, 1.165) is 22.4 Å². The van der Waals surface area contributed by atoms with Crippen LogP contribution in [0.4, 0.5) is 4.39 Å². The molecule has 1 heterocycles. The fraction of sp³-hybridized carbons (Fsp3) is 0.312. The van der Waals surface area contributed by atoms with E-state index in [1.165, 1.54) is 12.1 Å². The van der Waals surface area contributed by atoms with Crippen LogP contribution in [0.15, 0.2) is 40.9 Å². The molecule has 0 atom stereocenters. The highest BCUT2D eigenvalue weighted by Gasteiger charge is 2.05. The standard InChI is InChI=1S/C16H18BrFN2O/c1-11(2)19-9-13-4-3-5-14(20-13)10-21-16-8-12(18)6-7-15(16)17/h3-8,11,19H,9-10H2,1-2H3. The number of hydrogen-bond acceptors (Lipinski definition) is 3. The number of nitrogens with one attached hydrogen (secondary N) is 1. The molecule has 3 nitrogen and oxygen atoms in total. The Kier molecular flexibility index (Phi) is 5.70. The first-order chi connectivity index (χ1) is 10.0. The van der Waals surface area contributed by atoms with E-state index in [2.05, 4.69) is 40.1 Å². The van der Waals surface area contributed by atoms with Gasteiger partial charge in [-0.25, -0.2) is 4.39 Å². The summed E-state index contributed by atoms with van der Waals surface area (Å²) in [6.07, 6.45) is 0. The Morgan fingerprint density at radius 2 is 2.00 bits per heavy atom. The Labute approximate surface area is 132 Å². The van der Waals surface area contributed by atoms with E-state index in [-0.39, 0.29) is 5.82 Å². The molecule has 5 heteroatoms. The molecule has 21 heavy (non-hydrogen) atoms. The summed E-state index contributed by atoms with van der Waals surface area (Å²) in [4.78, 5) is 4.52. The third kappa shape index (κ3) is 5.10. The molecule has 0 fully saturated rings. The summed E-state index contributed by atoms with van der Waals surface area (Å²) < 4.78 is 19.5. The van der Waals surface area contributed by atoms with Gasteiger partial charge in [0.05, 0.1) is 15.9 Å². The van der Waals surface area contributed by atoms with Gasteiger partial charge < -0.3 is 10.1 Å². The van der Waals surface area contributed by atoms with Crippen LogP contribution in [0.1, 0.15) is 25.2 Å². The highest BCUT2D eigenvalue weighted by molar-refractivity contribution is 9.10. The second kappa shape index (κ2) is 7.52. The SMILES string of the molecule is CC(C)NCc1cccc(COc2cc(F)ccc2Br)n1. The van der Waals surface area contributed by atoms with Crippen molar-refractivity contribution in [1.29, 1.82) is 0 Å². The van der Waals surface area contributed by atoms with Crippen molar-refractivity contribution in [1.82, 2.24) is 10.3 Å². The highest BCUT2D eigenvalue weighted by Crippen LogP contribution is 2.26. The molecule has 0 amide bonds. The number of nitrogens with zero attached hydrogens (tertiary/aromatic N) is 1. The van der Waals surface area contributed by atoms with E-state index in [1.54, 1.807) is 6.07 Å². The maximum absolute atomic E-state index is 13.2.